The van der Waals surface area contributed by atoms with Crippen molar-refractivity contribution in [1.82, 2.24) is 24.4 Å². The lowest BCUT2D eigenvalue weighted by molar-refractivity contribution is -0.0116. The second-order valence-electron chi connectivity index (χ2n) is 6.94. The number of piperidine rings is 1. The largest absolute Gasteiger partial charge is 0.440 e. The van der Waals surface area contributed by atoms with Crippen LogP contribution in [0.5, 0.6) is 0 Å². The molecule has 2 saturated heterocycles. The molecule has 0 radical (unpaired) electrons. The molecule has 0 aromatic carbocycles. The van der Waals surface area contributed by atoms with Crippen molar-refractivity contribution in [1.29, 1.82) is 0 Å². The van der Waals surface area contributed by atoms with Crippen LogP contribution in [-0.2, 0) is 11.3 Å². The number of hydrogen-bond donors (Lipinski definition) is 1. The number of fused-ring (bicyclic) bond motifs is 1. The number of likely N-dealkylation sites (N-methyl/N-ethyl adjacent to an activating group) is 1. The minimum absolute atomic E-state index is 0.109. The molecule has 24 heavy (non-hydrogen) atoms. The third kappa shape index (κ3) is 2.56. The number of nitrogens with one attached hydrogen (secondary N) is 1. The summed E-state index contributed by atoms with van der Waals surface area (Å²) in [6.07, 6.45) is 1.59. The van der Waals surface area contributed by atoms with Crippen LogP contribution in [0.25, 0.3) is 5.65 Å². The molecule has 0 aliphatic carbocycles. The van der Waals surface area contributed by atoms with E-state index in [1.807, 2.05) is 13.0 Å². The molecule has 2 aromatic rings. The van der Waals surface area contributed by atoms with Gasteiger partial charge in [0.05, 0.1) is 12.2 Å². The highest BCUT2D eigenvalue weighted by Gasteiger charge is 2.46. The summed E-state index contributed by atoms with van der Waals surface area (Å²) < 4.78 is 7.07. The summed E-state index contributed by atoms with van der Waals surface area (Å²) in [6.45, 7) is 4.69. The van der Waals surface area contributed by atoms with Gasteiger partial charge in [-0.2, -0.15) is 0 Å². The average molecular weight is 331 g/mol. The normalized spacial score (nSPS) is 24.9. The van der Waals surface area contributed by atoms with Gasteiger partial charge in [-0.05, 0) is 26.3 Å². The molecule has 2 aliphatic heterocycles. The van der Waals surface area contributed by atoms with Crippen LogP contribution in [0.2, 0.25) is 0 Å². The van der Waals surface area contributed by atoms with Crippen LogP contribution >= 0.6 is 0 Å². The third-order valence-electron chi connectivity index (χ3n) is 4.78. The molecule has 2 fully saturated rings. The molecular formula is C16H21N5O3. The Morgan fingerprint density at radius 2 is 2.17 bits per heavy atom. The maximum Gasteiger partial charge on any atom is 0.410 e. The zero-order chi connectivity index (χ0) is 16.9. The average Bonchev–Trinajstić information content (AvgIpc) is 2.99. The van der Waals surface area contributed by atoms with Gasteiger partial charge in [0.2, 0.25) is 0 Å². The van der Waals surface area contributed by atoms with Crippen molar-refractivity contribution in [2.75, 3.05) is 26.7 Å². The minimum Gasteiger partial charge on any atom is -0.440 e. The Kier molecular flexibility index (Phi) is 3.38. The summed E-state index contributed by atoms with van der Waals surface area (Å²) in [6, 6.07) is 3.42. The fourth-order valence-corrected chi connectivity index (χ4v) is 3.80. The Hall–Kier alpha value is -2.35. The molecule has 0 bridgehead atoms. The molecular weight excluding hydrogens is 310 g/mol. The van der Waals surface area contributed by atoms with E-state index in [2.05, 4.69) is 15.0 Å². The molecule has 1 spiro atoms. The van der Waals surface area contributed by atoms with Gasteiger partial charge >= 0.3 is 6.09 Å². The number of rotatable bonds is 2. The number of nitrogens with zero attached hydrogens (tertiary/aromatic N) is 4. The Bertz CT molecular complexity index is 857. The molecule has 1 amide bonds. The van der Waals surface area contributed by atoms with E-state index in [1.54, 1.807) is 18.0 Å². The zero-order valence-electron chi connectivity index (χ0n) is 13.9. The number of ether oxygens (including phenoxy) is 1. The number of carbonyl (C=O) groups is 1. The monoisotopic (exact) mass is 331 g/mol. The molecule has 8 heteroatoms. The molecule has 2 aliphatic rings. The van der Waals surface area contributed by atoms with E-state index in [9.17, 15) is 9.59 Å². The second kappa shape index (κ2) is 5.34. The topological polar surface area (TPSA) is 82.9 Å². The number of aromatic amines is 1. The van der Waals surface area contributed by atoms with Gasteiger partial charge in [-0.1, -0.05) is 0 Å². The molecule has 8 nitrogen and oxygen atoms in total. The minimum atomic E-state index is -0.423. The Labute approximate surface area is 139 Å². The quantitative estimate of drug-likeness (QED) is 0.878. The molecule has 128 valence electrons. The number of H-pyrrole nitrogens is 1. The van der Waals surface area contributed by atoms with Crippen LogP contribution < -0.4 is 5.56 Å². The molecule has 4 heterocycles. The van der Waals surface area contributed by atoms with Gasteiger partial charge in [0.25, 0.3) is 5.56 Å². The smallest absolute Gasteiger partial charge is 0.410 e. The molecule has 1 unspecified atom stereocenters. The lowest BCUT2D eigenvalue weighted by Crippen LogP contribution is -2.50. The Balaban J connectivity index is 1.55. The number of amides is 1. The lowest BCUT2D eigenvalue weighted by atomic mass is 9.92. The van der Waals surface area contributed by atoms with Crippen molar-refractivity contribution in [3.63, 3.8) is 0 Å². The van der Waals surface area contributed by atoms with E-state index in [4.69, 9.17) is 4.74 Å². The SMILES string of the molecule is Cc1cc2nc(CN3CCCC4(C3)CN(C)C(=O)O4)cc(=O)n2[nH]1. The summed E-state index contributed by atoms with van der Waals surface area (Å²) >= 11 is 0. The first kappa shape index (κ1) is 15.2. The van der Waals surface area contributed by atoms with E-state index >= 15 is 0 Å². The standard InChI is InChI=1S/C16H21N5O3/c1-11-6-13-17-12(7-14(22)21(13)18-11)8-20-5-3-4-16(10-20)9-19(2)15(23)24-16/h6-7,18H,3-5,8-10H2,1-2H3. The molecule has 1 atom stereocenters. The number of likely N-dealkylation sites (tertiary alicyclic amines) is 1. The van der Waals surface area contributed by atoms with Gasteiger partial charge < -0.3 is 9.64 Å². The van der Waals surface area contributed by atoms with Gasteiger partial charge in [0.1, 0.15) is 5.60 Å². The highest BCUT2D eigenvalue weighted by atomic mass is 16.6. The maximum absolute atomic E-state index is 12.2. The highest BCUT2D eigenvalue weighted by molar-refractivity contribution is 5.70. The third-order valence-corrected chi connectivity index (χ3v) is 4.78. The summed E-state index contributed by atoms with van der Waals surface area (Å²) in [4.78, 5) is 32.3. The van der Waals surface area contributed by atoms with E-state index in [0.717, 1.165) is 30.8 Å². The number of aromatic nitrogens is 3. The highest BCUT2D eigenvalue weighted by Crippen LogP contribution is 2.31. The number of hydrogen-bond acceptors (Lipinski definition) is 5. The number of carbonyl (C=O) groups excluding carboxylic acids is 1. The van der Waals surface area contributed by atoms with Crippen LogP contribution in [-0.4, -0.2) is 62.8 Å². The summed E-state index contributed by atoms with van der Waals surface area (Å²) in [5.74, 6) is 0. The summed E-state index contributed by atoms with van der Waals surface area (Å²) in [5.41, 5.74) is 1.74. The fourth-order valence-electron chi connectivity index (χ4n) is 3.80. The second-order valence-corrected chi connectivity index (χ2v) is 6.94. The van der Waals surface area contributed by atoms with Crippen LogP contribution in [0.15, 0.2) is 16.9 Å². The van der Waals surface area contributed by atoms with E-state index in [1.165, 1.54) is 4.52 Å². The summed E-state index contributed by atoms with van der Waals surface area (Å²) in [7, 11) is 1.76. The van der Waals surface area contributed by atoms with E-state index in [0.29, 0.717) is 25.3 Å². The van der Waals surface area contributed by atoms with Crippen molar-refractivity contribution in [2.45, 2.75) is 31.9 Å². The summed E-state index contributed by atoms with van der Waals surface area (Å²) in [5, 5.41) is 2.97. The first-order chi connectivity index (χ1) is 11.4. The first-order valence-electron chi connectivity index (χ1n) is 8.19. The Morgan fingerprint density at radius 3 is 2.92 bits per heavy atom. The van der Waals surface area contributed by atoms with Crippen LogP contribution in [0.1, 0.15) is 24.2 Å². The van der Waals surface area contributed by atoms with Crippen molar-refractivity contribution in [3.05, 3.63) is 33.9 Å². The molecule has 1 N–H and O–H groups in total. The molecule has 4 rings (SSSR count). The van der Waals surface area contributed by atoms with Crippen molar-refractivity contribution < 1.29 is 9.53 Å². The van der Waals surface area contributed by atoms with Crippen LogP contribution in [0.4, 0.5) is 4.79 Å². The van der Waals surface area contributed by atoms with Crippen molar-refractivity contribution in [3.8, 4) is 0 Å². The van der Waals surface area contributed by atoms with Crippen molar-refractivity contribution >= 4 is 11.7 Å². The van der Waals surface area contributed by atoms with Crippen LogP contribution in [0, 0.1) is 6.92 Å². The predicted octanol–water partition coefficient (Wildman–Crippen LogP) is 0.748. The van der Waals surface area contributed by atoms with Gasteiger partial charge in [0.15, 0.2) is 5.65 Å². The molecule has 0 saturated carbocycles. The predicted molar refractivity (Wildman–Crippen MR) is 86.9 cm³/mol. The fraction of sp³-hybridized carbons (Fsp3) is 0.562. The first-order valence-corrected chi connectivity index (χ1v) is 8.19. The van der Waals surface area contributed by atoms with E-state index in [-0.39, 0.29) is 11.7 Å². The van der Waals surface area contributed by atoms with Gasteiger partial charge in [0, 0.05) is 38.0 Å². The van der Waals surface area contributed by atoms with Gasteiger partial charge in [-0.25, -0.2) is 14.3 Å². The van der Waals surface area contributed by atoms with Crippen LogP contribution in [0.3, 0.4) is 0 Å². The van der Waals surface area contributed by atoms with Crippen molar-refractivity contribution in [2.24, 2.45) is 0 Å². The zero-order valence-corrected chi connectivity index (χ0v) is 13.9. The maximum atomic E-state index is 12.2. The molecule has 2 aromatic heterocycles. The van der Waals surface area contributed by atoms with E-state index < -0.39 is 5.60 Å². The van der Waals surface area contributed by atoms with Gasteiger partial charge in [-0.15, -0.1) is 0 Å². The lowest BCUT2D eigenvalue weighted by Gasteiger charge is -2.38. The van der Waals surface area contributed by atoms with Gasteiger partial charge in [-0.3, -0.25) is 14.8 Å². The number of aryl methyl sites for hydroxylation is 1. The Morgan fingerprint density at radius 1 is 1.33 bits per heavy atom.